The van der Waals surface area contributed by atoms with Crippen molar-refractivity contribution in [1.82, 2.24) is 4.90 Å². The maximum absolute atomic E-state index is 12.4. The molecule has 1 amide bonds. The van der Waals surface area contributed by atoms with Crippen molar-refractivity contribution in [2.45, 2.75) is 26.2 Å². The van der Waals surface area contributed by atoms with Gasteiger partial charge in [-0.05, 0) is 30.9 Å². The van der Waals surface area contributed by atoms with Gasteiger partial charge in [-0.15, -0.1) is 0 Å². The predicted molar refractivity (Wildman–Crippen MR) is 94.8 cm³/mol. The van der Waals surface area contributed by atoms with Gasteiger partial charge in [0.05, 0.1) is 19.1 Å². The van der Waals surface area contributed by atoms with Gasteiger partial charge in [0.2, 0.25) is 15.9 Å². The van der Waals surface area contributed by atoms with E-state index in [9.17, 15) is 13.2 Å². The monoisotopic (exact) mass is 354 g/mol. The van der Waals surface area contributed by atoms with Crippen LogP contribution >= 0.6 is 0 Å². The Morgan fingerprint density at radius 2 is 2.00 bits per heavy atom. The van der Waals surface area contributed by atoms with Gasteiger partial charge >= 0.3 is 0 Å². The van der Waals surface area contributed by atoms with Crippen LogP contribution in [0, 0.1) is 5.92 Å². The highest BCUT2D eigenvalue weighted by molar-refractivity contribution is 7.92. The Morgan fingerprint density at radius 3 is 2.58 bits per heavy atom. The zero-order chi connectivity index (χ0) is 17.7. The van der Waals surface area contributed by atoms with E-state index in [1.807, 2.05) is 4.90 Å². The van der Waals surface area contributed by atoms with E-state index < -0.39 is 10.0 Å². The fraction of sp³-hybridized carbons (Fsp3) is 0.588. The number of likely N-dealkylation sites (tertiary alicyclic amines) is 1. The second-order valence-corrected chi connectivity index (χ2v) is 8.26. The number of hydrogen-bond donors (Lipinski definition) is 0. The van der Waals surface area contributed by atoms with E-state index in [1.54, 1.807) is 24.3 Å². The molecule has 1 aliphatic heterocycles. The lowest BCUT2D eigenvalue weighted by Gasteiger charge is -2.31. The third-order valence-corrected chi connectivity index (χ3v) is 5.60. The van der Waals surface area contributed by atoms with Gasteiger partial charge in [-0.2, -0.15) is 0 Å². The van der Waals surface area contributed by atoms with Crippen LogP contribution in [-0.2, 0) is 14.8 Å². The molecule has 0 aliphatic carbocycles. The number of carbonyl (C=O) groups excluding carboxylic acids is 1. The third-order valence-electron chi connectivity index (χ3n) is 4.41. The van der Waals surface area contributed by atoms with Crippen molar-refractivity contribution < 1.29 is 17.9 Å². The molecule has 1 saturated heterocycles. The number of methoxy groups -OCH3 is 1. The van der Waals surface area contributed by atoms with Crippen LogP contribution in [0.4, 0.5) is 5.69 Å². The summed E-state index contributed by atoms with van der Waals surface area (Å²) in [6, 6.07) is 6.86. The average Bonchev–Trinajstić information content (AvgIpc) is 2.54. The number of piperidine rings is 1. The standard InChI is InChI=1S/C17H26N2O4S/c1-14-7-10-18(11-8-14)17(20)9-12-19(24(3,21)22)15-5-4-6-16(13-15)23-2/h4-6,13-14H,7-12H2,1-3H3. The topological polar surface area (TPSA) is 66.9 Å². The quantitative estimate of drug-likeness (QED) is 0.785. The summed E-state index contributed by atoms with van der Waals surface area (Å²) >= 11 is 0. The molecule has 1 aliphatic rings. The second kappa shape index (κ2) is 7.88. The van der Waals surface area contributed by atoms with Crippen molar-refractivity contribution in [2.75, 3.05) is 37.3 Å². The van der Waals surface area contributed by atoms with Crippen molar-refractivity contribution in [2.24, 2.45) is 5.92 Å². The molecule has 0 radical (unpaired) electrons. The molecule has 0 saturated carbocycles. The van der Waals surface area contributed by atoms with Crippen LogP contribution in [0.3, 0.4) is 0 Å². The lowest BCUT2D eigenvalue weighted by molar-refractivity contribution is -0.132. The molecule has 7 heteroatoms. The fourth-order valence-electron chi connectivity index (χ4n) is 2.87. The summed E-state index contributed by atoms with van der Waals surface area (Å²) in [5.41, 5.74) is 0.511. The van der Waals surface area contributed by atoms with E-state index in [4.69, 9.17) is 4.74 Å². The van der Waals surface area contributed by atoms with E-state index in [0.29, 0.717) is 17.4 Å². The van der Waals surface area contributed by atoms with Gasteiger partial charge < -0.3 is 9.64 Å². The molecule has 0 N–H and O–H groups in total. The molecule has 0 unspecified atom stereocenters. The normalized spacial score (nSPS) is 16.0. The first-order chi connectivity index (χ1) is 11.3. The van der Waals surface area contributed by atoms with Gasteiger partial charge in [0, 0.05) is 32.1 Å². The first-order valence-corrected chi connectivity index (χ1v) is 10.1. The molecular weight excluding hydrogens is 328 g/mol. The van der Waals surface area contributed by atoms with Crippen LogP contribution in [0.25, 0.3) is 0 Å². The van der Waals surface area contributed by atoms with Crippen molar-refractivity contribution in [3.05, 3.63) is 24.3 Å². The Morgan fingerprint density at radius 1 is 1.33 bits per heavy atom. The Hall–Kier alpha value is -1.76. The minimum atomic E-state index is -3.47. The van der Waals surface area contributed by atoms with Crippen LogP contribution in [-0.4, -0.2) is 52.2 Å². The van der Waals surface area contributed by atoms with Crippen LogP contribution < -0.4 is 9.04 Å². The lowest BCUT2D eigenvalue weighted by atomic mass is 9.99. The smallest absolute Gasteiger partial charge is 0.232 e. The van der Waals surface area contributed by atoms with Gasteiger partial charge in [0.1, 0.15) is 5.75 Å². The summed E-state index contributed by atoms with van der Waals surface area (Å²) in [5.74, 6) is 1.24. The SMILES string of the molecule is COc1cccc(N(CCC(=O)N2CCC(C)CC2)S(C)(=O)=O)c1. The lowest BCUT2D eigenvalue weighted by Crippen LogP contribution is -2.40. The molecule has 0 bridgehead atoms. The van der Waals surface area contributed by atoms with Crippen LogP contribution in [0.5, 0.6) is 5.75 Å². The van der Waals surface area contributed by atoms with E-state index >= 15 is 0 Å². The molecule has 1 aromatic rings. The number of sulfonamides is 1. The Labute approximate surface area is 144 Å². The zero-order valence-corrected chi connectivity index (χ0v) is 15.4. The van der Waals surface area contributed by atoms with Gasteiger partial charge in [0.25, 0.3) is 0 Å². The molecule has 2 rings (SSSR count). The van der Waals surface area contributed by atoms with Crippen molar-refractivity contribution in [3.63, 3.8) is 0 Å². The number of rotatable bonds is 6. The van der Waals surface area contributed by atoms with Crippen molar-refractivity contribution in [1.29, 1.82) is 0 Å². The average molecular weight is 354 g/mol. The molecule has 24 heavy (non-hydrogen) atoms. The summed E-state index contributed by atoms with van der Waals surface area (Å²) in [5, 5.41) is 0. The van der Waals surface area contributed by atoms with E-state index in [0.717, 1.165) is 32.2 Å². The molecule has 0 atom stereocenters. The summed E-state index contributed by atoms with van der Waals surface area (Å²) in [6.45, 7) is 3.85. The Kier molecular flexibility index (Phi) is 6.10. The zero-order valence-electron chi connectivity index (χ0n) is 14.6. The summed E-state index contributed by atoms with van der Waals surface area (Å²) in [4.78, 5) is 14.2. The molecule has 1 aromatic carbocycles. The van der Waals surface area contributed by atoms with Gasteiger partial charge in [0.15, 0.2) is 0 Å². The van der Waals surface area contributed by atoms with Crippen molar-refractivity contribution in [3.8, 4) is 5.75 Å². The minimum absolute atomic E-state index is 0.0125. The molecular formula is C17H26N2O4S. The van der Waals surface area contributed by atoms with Gasteiger partial charge in [-0.1, -0.05) is 13.0 Å². The van der Waals surface area contributed by atoms with E-state index in [2.05, 4.69) is 6.92 Å². The number of anilines is 1. The summed E-state index contributed by atoms with van der Waals surface area (Å²) in [7, 11) is -1.94. The van der Waals surface area contributed by atoms with Crippen LogP contribution in [0.2, 0.25) is 0 Å². The third kappa shape index (κ3) is 4.87. The first-order valence-electron chi connectivity index (χ1n) is 8.21. The Balaban J connectivity index is 2.06. The molecule has 6 nitrogen and oxygen atoms in total. The summed E-state index contributed by atoms with van der Waals surface area (Å²) in [6.07, 6.45) is 3.35. The summed E-state index contributed by atoms with van der Waals surface area (Å²) < 4.78 is 30.7. The van der Waals surface area contributed by atoms with Gasteiger partial charge in [-0.3, -0.25) is 9.10 Å². The molecule has 0 spiro atoms. The van der Waals surface area contributed by atoms with Crippen LogP contribution in [0.15, 0.2) is 24.3 Å². The number of hydrogen-bond acceptors (Lipinski definition) is 4. The molecule has 134 valence electrons. The second-order valence-electron chi connectivity index (χ2n) is 6.35. The highest BCUT2D eigenvalue weighted by Crippen LogP contribution is 2.24. The molecule has 1 heterocycles. The number of ether oxygens (including phenoxy) is 1. The van der Waals surface area contributed by atoms with E-state index in [-0.39, 0.29) is 18.9 Å². The number of nitrogens with zero attached hydrogens (tertiary/aromatic N) is 2. The fourth-order valence-corrected chi connectivity index (χ4v) is 3.78. The maximum Gasteiger partial charge on any atom is 0.232 e. The predicted octanol–water partition coefficient (Wildman–Crippen LogP) is 2.11. The number of amides is 1. The molecule has 1 fully saturated rings. The first kappa shape index (κ1) is 18.6. The highest BCUT2D eigenvalue weighted by atomic mass is 32.2. The number of benzene rings is 1. The minimum Gasteiger partial charge on any atom is -0.497 e. The Bertz CT molecular complexity index is 667. The van der Waals surface area contributed by atoms with E-state index in [1.165, 1.54) is 11.4 Å². The largest absolute Gasteiger partial charge is 0.497 e. The number of carbonyl (C=O) groups is 1. The highest BCUT2D eigenvalue weighted by Gasteiger charge is 2.23. The van der Waals surface area contributed by atoms with Crippen LogP contribution in [0.1, 0.15) is 26.2 Å². The van der Waals surface area contributed by atoms with Gasteiger partial charge in [-0.25, -0.2) is 8.42 Å². The molecule has 0 aromatic heterocycles. The van der Waals surface area contributed by atoms with Crippen molar-refractivity contribution >= 4 is 21.6 Å². The maximum atomic E-state index is 12.4.